The van der Waals surface area contributed by atoms with Crippen LogP contribution in [0.15, 0.2) is 35.4 Å². The van der Waals surface area contributed by atoms with Crippen LogP contribution in [0.5, 0.6) is 0 Å². The van der Waals surface area contributed by atoms with E-state index in [1.165, 1.54) is 34.2 Å². The molecule has 0 bridgehead atoms. The van der Waals surface area contributed by atoms with Crippen molar-refractivity contribution >= 4 is 32.7 Å². The fourth-order valence-electron chi connectivity index (χ4n) is 3.56. The highest BCUT2D eigenvalue weighted by atomic mass is 32.1. The second kappa shape index (κ2) is 8.32. The maximum atomic E-state index is 12.8. The lowest BCUT2D eigenvalue weighted by Crippen LogP contribution is -2.34. The van der Waals surface area contributed by atoms with E-state index in [-0.39, 0.29) is 18.0 Å². The first-order valence-electron chi connectivity index (χ1n) is 9.93. The molecule has 1 amide bonds. The number of carbonyl (C=O) groups is 1. The Bertz CT molecular complexity index is 1070. The van der Waals surface area contributed by atoms with Crippen LogP contribution in [-0.4, -0.2) is 33.5 Å². The second-order valence-electron chi connectivity index (χ2n) is 7.78. The fourth-order valence-corrected chi connectivity index (χ4v) is 4.57. The monoisotopic (exact) mass is 411 g/mol. The minimum atomic E-state index is -0.219. The Morgan fingerprint density at radius 2 is 2.10 bits per heavy atom. The number of hydrogen-bond acceptors (Lipinski definition) is 6. The van der Waals surface area contributed by atoms with Gasteiger partial charge in [0.15, 0.2) is 10.8 Å². The van der Waals surface area contributed by atoms with Crippen molar-refractivity contribution in [2.45, 2.75) is 39.8 Å². The molecule has 0 unspecified atom stereocenters. The number of amides is 1. The Morgan fingerprint density at radius 3 is 2.86 bits per heavy atom. The maximum absolute atomic E-state index is 12.8. The normalized spacial score (nSPS) is 16.9. The topological polar surface area (TPSA) is 80.1 Å². The van der Waals surface area contributed by atoms with Gasteiger partial charge in [0.05, 0.1) is 0 Å². The molecule has 1 saturated heterocycles. The summed E-state index contributed by atoms with van der Waals surface area (Å²) in [6, 6.07) is 7.98. The Labute approximate surface area is 173 Å². The van der Waals surface area contributed by atoms with E-state index in [4.69, 9.17) is 0 Å². The van der Waals surface area contributed by atoms with Crippen LogP contribution in [0.2, 0.25) is 0 Å². The van der Waals surface area contributed by atoms with Gasteiger partial charge in [0.25, 0.3) is 5.56 Å². The molecular formula is C21H25N5O2S. The van der Waals surface area contributed by atoms with Gasteiger partial charge in [-0.1, -0.05) is 48.1 Å². The van der Waals surface area contributed by atoms with Crippen molar-refractivity contribution in [1.29, 1.82) is 0 Å². The van der Waals surface area contributed by atoms with E-state index in [9.17, 15) is 9.59 Å². The van der Waals surface area contributed by atoms with Crippen LogP contribution in [0.4, 0.5) is 5.13 Å². The SMILES string of the molecule is Cc1ccc(CNC(=O)Cn2cnc3nc(N4CCC[C@H](C)C4)sc3c2=O)cc1. The molecule has 1 fully saturated rings. The third-order valence-electron chi connectivity index (χ3n) is 5.22. The molecule has 3 aromatic rings. The number of rotatable bonds is 5. The van der Waals surface area contributed by atoms with Gasteiger partial charge < -0.3 is 10.2 Å². The summed E-state index contributed by atoms with van der Waals surface area (Å²) in [4.78, 5) is 36.2. The Kier molecular flexibility index (Phi) is 5.62. The first-order chi connectivity index (χ1) is 14.0. The van der Waals surface area contributed by atoms with Crippen molar-refractivity contribution in [2.24, 2.45) is 5.92 Å². The summed E-state index contributed by atoms with van der Waals surface area (Å²) < 4.78 is 1.86. The number of piperidine rings is 1. The van der Waals surface area contributed by atoms with Crippen molar-refractivity contribution in [2.75, 3.05) is 18.0 Å². The van der Waals surface area contributed by atoms with Crippen molar-refractivity contribution in [1.82, 2.24) is 19.9 Å². The molecule has 1 aliphatic heterocycles. The van der Waals surface area contributed by atoms with Crippen molar-refractivity contribution < 1.29 is 4.79 Å². The molecule has 0 saturated carbocycles. The number of thiazole rings is 1. The number of carbonyl (C=O) groups excluding carboxylic acids is 1. The van der Waals surface area contributed by atoms with Crippen molar-refractivity contribution in [3.05, 3.63) is 52.1 Å². The zero-order valence-corrected chi connectivity index (χ0v) is 17.5. The molecule has 29 heavy (non-hydrogen) atoms. The molecule has 152 valence electrons. The smallest absolute Gasteiger partial charge is 0.273 e. The third kappa shape index (κ3) is 4.48. The van der Waals surface area contributed by atoms with Crippen LogP contribution in [0, 0.1) is 12.8 Å². The van der Waals surface area contributed by atoms with Crippen molar-refractivity contribution in [3.63, 3.8) is 0 Å². The van der Waals surface area contributed by atoms with E-state index in [2.05, 4.69) is 27.1 Å². The molecule has 4 rings (SSSR count). The average Bonchev–Trinajstić information content (AvgIpc) is 3.15. The fraction of sp³-hybridized carbons (Fsp3) is 0.429. The molecule has 1 aromatic carbocycles. The molecule has 0 spiro atoms. The highest BCUT2D eigenvalue weighted by Gasteiger charge is 2.21. The summed E-state index contributed by atoms with van der Waals surface area (Å²) >= 11 is 1.37. The predicted octanol–water partition coefficient (Wildman–Crippen LogP) is 2.71. The molecule has 1 N–H and O–H groups in total. The minimum Gasteiger partial charge on any atom is -0.350 e. The lowest BCUT2D eigenvalue weighted by molar-refractivity contribution is -0.121. The van der Waals surface area contributed by atoms with Crippen LogP contribution in [-0.2, 0) is 17.9 Å². The summed E-state index contributed by atoms with van der Waals surface area (Å²) in [5.41, 5.74) is 2.44. The van der Waals surface area contributed by atoms with Crippen LogP contribution in [0.3, 0.4) is 0 Å². The molecule has 2 aromatic heterocycles. The summed E-state index contributed by atoms with van der Waals surface area (Å²) in [6.07, 6.45) is 3.78. The van der Waals surface area contributed by atoms with Gasteiger partial charge in [0.1, 0.15) is 17.6 Å². The first kappa shape index (κ1) is 19.6. The molecule has 0 aliphatic carbocycles. The standard InChI is InChI=1S/C21H25N5O2S/c1-14-5-7-16(8-6-14)10-22-17(27)12-26-13-23-19-18(20(26)28)29-21(24-19)25-9-3-4-15(2)11-25/h5-8,13,15H,3-4,9-12H2,1-2H3,(H,22,27)/t15-/m0/s1. The Balaban J connectivity index is 1.46. The van der Waals surface area contributed by atoms with Crippen LogP contribution in [0.1, 0.15) is 30.9 Å². The third-order valence-corrected chi connectivity index (χ3v) is 6.32. The molecule has 7 nitrogen and oxygen atoms in total. The zero-order chi connectivity index (χ0) is 20.4. The van der Waals surface area contributed by atoms with E-state index in [1.54, 1.807) is 0 Å². The summed E-state index contributed by atoms with van der Waals surface area (Å²) in [5, 5.41) is 3.70. The van der Waals surface area contributed by atoms with Gasteiger partial charge in [-0.25, -0.2) is 4.98 Å². The minimum absolute atomic E-state index is 0.0540. The summed E-state index contributed by atoms with van der Waals surface area (Å²) in [5.74, 6) is 0.404. The lowest BCUT2D eigenvalue weighted by Gasteiger charge is -2.30. The molecule has 8 heteroatoms. The number of anilines is 1. The van der Waals surface area contributed by atoms with Gasteiger partial charge in [-0.2, -0.15) is 4.98 Å². The van der Waals surface area contributed by atoms with E-state index in [0.717, 1.165) is 30.2 Å². The summed E-state index contributed by atoms with van der Waals surface area (Å²) in [6.45, 7) is 6.55. The van der Waals surface area contributed by atoms with Gasteiger partial charge >= 0.3 is 0 Å². The Morgan fingerprint density at radius 1 is 1.31 bits per heavy atom. The van der Waals surface area contributed by atoms with E-state index >= 15 is 0 Å². The van der Waals surface area contributed by atoms with Crippen LogP contribution >= 0.6 is 11.3 Å². The number of nitrogens with one attached hydrogen (secondary N) is 1. The predicted molar refractivity (Wildman–Crippen MR) is 115 cm³/mol. The largest absolute Gasteiger partial charge is 0.350 e. The molecular weight excluding hydrogens is 386 g/mol. The van der Waals surface area contributed by atoms with E-state index < -0.39 is 0 Å². The second-order valence-corrected chi connectivity index (χ2v) is 8.76. The number of aromatic nitrogens is 3. The number of nitrogens with zero attached hydrogens (tertiary/aromatic N) is 4. The molecule has 1 atom stereocenters. The highest BCUT2D eigenvalue weighted by molar-refractivity contribution is 7.22. The van der Waals surface area contributed by atoms with E-state index in [0.29, 0.717) is 22.8 Å². The quantitative estimate of drug-likeness (QED) is 0.698. The number of fused-ring (bicyclic) bond motifs is 1. The highest BCUT2D eigenvalue weighted by Crippen LogP contribution is 2.28. The van der Waals surface area contributed by atoms with E-state index in [1.807, 2.05) is 31.2 Å². The van der Waals surface area contributed by atoms with Gasteiger partial charge in [-0.05, 0) is 31.2 Å². The van der Waals surface area contributed by atoms with Gasteiger partial charge in [0, 0.05) is 19.6 Å². The van der Waals surface area contributed by atoms with Crippen LogP contribution < -0.4 is 15.8 Å². The van der Waals surface area contributed by atoms with Gasteiger partial charge in [-0.15, -0.1) is 0 Å². The molecule has 3 heterocycles. The lowest BCUT2D eigenvalue weighted by atomic mass is 10.0. The average molecular weight is 412 g/mol. The number of aryl methyl sites for hydroxylation is 1. The molecule has 1 aliphatic rings. The zero-order valence-electron chi connectivity index (χ0n) is 16.7. The van der Waals surface area contributed by atoms with Gasteiger partial charge in [0.2, 0.25) is 5.91 Å². The summed E-state index contributed by atoms with van der Waals surface area (Å²) in [7, 11) is 0. The maximum Gasteiger partial charge on any atom is 0.273 e. The Hall–Kier alpha value is -2.74. The molecule has 0 radical (unpaired) electrons. The number of benzene rings is 1. The number of hydrogen-bond donors (Lipinski definition) is 1. The van der Waals surface area contributed by atoms with Crippen LogP contribution in [0.25, 0.3) is 10.3 Å². The first-order valence-corrected chi connectivity index (χ1v) is 10.7. The van der Waals surface area contributed by atoms with Crippen molar-refractivity contribution in [3.8, 4) is 0 Å². The van der Waals surface area contributed by atoms with Gasteiger partial charge in [-0.3, -0.25) is 14.2 Å².